The monoisotopic (exact) mass is 530 g/mol. The van der Waals surface area contributed by atoms with E-state index in [9.17, 15) is 27.5 Å². The Balaban J connectivity index is 1.72. The molecule has 1 unspecified atom stereocenters. The molecule has 1 aliphatic rings. The minimum absolute atomic E-state index is 0.120. The molecule has 10 nitrogen and oxygen atoms in total. The summed E-state index contributed by atoms with van der Waals surface area (Å²) in [6.07, 6.45) is 1.80. The second-order valence-electron chi connectivity index (χ2n) is 8.58. The Morgan fingerprint density at radius 2 is 1.92 bits per heavy atom. The lowest BCUT2D eigenvalue weighted by molar-refractivity contribution is -0.141. The van der Waals surface area contributed by atoms with Crippen LogP contribution in [0.5, 0.6) is 0 Å². The number of rotatable bonds is 10. The first-order chi connectivity index (χ1) is 17.7. The molecule has 1 heterocycles. The molecule has 2 N–H and O–H groups in total. The molecular formula is C25H25FN3O7S-. The second kappa shape index (κ2) is 11.2. The van der Waals surface area contributed by atoms with Gasteiger partial charge in [-0.3, -0.25) is 18.6 Å². The Morgan fingerprint density at radius 1 is 1.22 bits per heavy atom. The summed E-state index contributed by atoms with van der Waals surface area (Å²) >= 11 is -2.74. The topological polar surface area (TPSA) is 141 Å². The first-order valence-corrected chi connectivity index (χ1v) is 12.5. The highest BCUT2D eigenvalue weighted by Gasteiger charge is 2.30. The SMILES string of the molecule is CNC(=O)c1c(-c2ccc(F)cc2)oc2cc(CN(CC(=O)NCC(=O)OC)S(=O)[O-])c(C3CC3)cc12. The van der Waals surface area contributed by atoms with Crippen molar-refractivity contribution in [3.8, 4) is 11.3 Å². The Bertz CT molecular complexity index is 1370. The van der Waals surface area contributed by atoms with Crippen LogP contribution in [0.15, 0.2) is 40.8 Å². The summed E-state index contributed by atoms with van der Waals surface area (Å²) in [6, 6.07) is 9.06. The Labute approximate surface area is 214 Å². The van der Waals surface area contributed by atoms with Crippen LogP contribution in [0.4, 0.5) is 4.39 Å². The van der Waals surface area contributed by atoms with Crippen LogP contribution in [0.25, 0.3) is 22.3 Å². The first-order valence-electron chi connectivity index (χ1n) is 11.5. The summed E-state index contributed by atoms with van der Waals surface area (Å²) in [6.45, 7) is -1.00. The summed E-state index contributed by atoms with van der Waals surface area (Å²) in [5.41, 5.74) is 2.64. The van der Waals surface area contributed by atoms with E-state index in [0.717, 1.165) is 22.7 Å². The molecule has 1 aromatic heterocycles. The molecule has 2 amide bonds. The maximum atomic E-state index is 13.5. The summed E-state index contributed by atoms with van der Waals surface area (Å²) in [4.78, 5) is 36.3. The number of carbonyl (C=O) groups excluding carboxylic acids is 3. The maximum absolute atomic E-state index is 13.5. The molecule has 1 saturated carbocycles. The van der Waals surface area contributed by atoms with Crippen LogP contribution in [0.1, 0.15) is 40.2 Å². The zero-order chi connectivity index (χ0) is 26.7. The third-order valence-corrected chi connectivity index (χ3v) is 6.74. The summed E-state index contributed by atoms with van der Waals surface area (Å²) < 4.78 is 48.8. The van der Waals surface area contributed by atoms with E-state index in [0.29, 0.717) is 27.7 Å². The molecular weight excluding hydrogens is 505 g/mol. The fourth-order valence-corrected chi connectivity index (χ4v) is 4.55. The zero-order valence-corrected chi connectivity index (χ0v) is 21.0. The highest BCUT2D eigenvalue weighted by atomic mass is 32.2. The number of ether oxygens (including phenoxy) is 1. The van der Waals surface area contributed by atoms with Crippen LogP contribution in [0.2, 0.25) is 0 Å². The summed E-state index contributed by atoms with van der Waals surface area (Å²) in [5.74, 6) is -1.69. The molecule has 37 heavy (non-hydrogen) atoms. The van der Waals surface area contributed by atoms with Crippen molar-refractivity contribution >= 4 is 40.0 Å². The highest BCUT2D eigenvalue weighted by molar-refractivity contribution is 7.76. The number of furan rings is 1. The standard InChI is InChI=1S/C25H26FN3O7S/c1-27-25(32)23-19-10-18(14-3-4-14)16(9-20(19)36-24(23)15-5-7-17(26)8-6-15)12-29(37(33)34)13-21(30)28-11-22(31)35-2/h5-10,14H,3-4,11-13H2,1-2H3,(H,27,32)(H,28,30)(H,33,34)/p-1. The van der Waals surface area contributed by atoms with Crippen LogP contribution in [0.3, 0.4) is 0 Å². The summed E-state index contributed by atoms with van der Waals surface area (Å²) in [7, 11) is 2.67. The molecule has 4 rings (SSSR count). The number of benzene rings is 2. The molecule has 0 radical (unpaired) electrons. The largest absolute Gasteiger partial charge is 0.760 e. The van der Waals surface area contributed by atoms with E-state index in [2.05, 4.69) is 15.4 Å². The number of hydrogen-bond acceptors (Lipinski definition) is 7. The number of amides is 2. The first kappa shape index (κ1) is 26.5. The van der Waals surface area contributed by atoms with Crippen molar-refractivity contribution in [1.82, 2.24) is 14.9 Å². The number of halogens is 1. The Hall–Kier alpha value is -3.61. The van der Waals surface area contributed by atoms with Gasteiger partial charge >= 0.3 is 5.97 Å². The molecule has 1 aliphatic carbocycles. The van der Waals surface area contributed by atoms with E-state index in [1.165, 1.54) is 38.4 Å². The number of nitrogens with one attached hydrogen (secondary N) is 2. The number of esters is 1. The van der Waals surface area contributed by atoms with Gasteiger partial charge in [-0.1, -0.05) is 0 Å². The quantitative estimate of drug-likeness (QED) is 0.303. The van der Waals surface area contributed by atoms with Crippen molar-refractivity contribution in [1.29, 1.82) is 0 Å². The van der Waals surface area contributed by atoms with E-state index in [1.807, 2.05) is 6.07 Å². The van der Waals surface area contributed by atoms with Crippen LogP contribution >= 0.6 is 0 Å². The fourth-order valence-electron chi connectivity index (χ4n) is 4.08. The number of hydrogen-bond donors (Lipinski definition) is 2. The second-order valence-corrected chi connectivity index (χ2v) is 9.53. The molecule has 1 atom stereocenters. The molecule has 0 bridgehead atoms. The van der Waals surface area contributed by atoms with Crippen LogP contribution in [-0.4, -0.2) is 58.1 Å². The third-order valence-electron chi connectivity index (χ3n) is 6.06. The molecule has 196 valence electrons. The predicted molar refractivity (Wildman–Crippen MR) is 131 cm³/mol. The van der Waals surface area contributed by atoms with E-state index >= 15 is 0 Å². The lowest BCUT2D eigenvalue weighted by atomic mass is 9.97. The van der Waals surface area contributed by atoms with Gasteiger partial charge in [0, 0.05) is 35.8 Å². The van der Waals surface area contributed by atoms with Crippen molar-refractivity contribution < 1.29 is 36.7 Å². The average molecular weight is 531 g/mol. The lowest BCUT2D eigenvalue weighted by Gasteiger charge is -2.24. The van der Waals surface area contributed by atoms with Gasteiger partial charge in [0.15, 0.2) is 0 Å². The van der Waals surface area contributed by atoms with Crippen molar-refractivity contribution in [3.05, 3.63) is 58.9 Å². The molecule has 12 heteroatoms. The third kappa shape index (κ3) is 6.04. The molecule has 2 aromatic carbocycles. The van der Waals surface area contributed by atoms with Crippen LogP contribution in [-0.2, 0) is 32.1 Å². The van der Waals surface area contributed by atoms with Gasteiger partial charge in [0.2, 0.25) is 5.91 Å². The van der Waals surface area contributed by atoms with E-state index in [4.69, 9.17) is 4.42 Å². The van der Waals surface area contributed by atoms with Crippen molar-refractivity contribution in [2.24, 2.45) is 0 Å². The molecule has 0 spiro atoms. The van der Waals surface area contributed by atoms with Gasteiger partial charge in [0.05, 0.1) is 19.2 Å². The number of methoxy groups -OCH3 is 1. The van der Waals surface area contributed by atoms with Gasteiger partial charge < -0.3 is 24.3 Å². The van der Waals surface area contributed by atoms with Crippen molar-refractivity contribution in [3.63, 3.8) is 0 Å². The van der Waals surface area contributed by atoms with Crippen molar-refractivity contribution in [2.75, 3.05) is 27.2 Å². The minimum Gasteiger partial charge on any atom is -0.760 e. The lowest BCUT2D eigenvalue weighted by Crippen LogP contribution is -2.40. The molecule has 0 aliphatic heterocycles. The predicted octanol–water partition coefficient (Wildman–Crippen LogP) is 2.36. The van der Waals surface area contributed by atoms with Crippen molar-refractivity contribution in [2.45, 2.75) is 25.3 Å². The maximum Gasteiger partial charge on any atom is 0.325 e. The van der Waals surface area contributed by atoms with Gasteiger partial charge in [-0.25, -0.2) is 8.70 Å². The average Bonchev–Trinajstić information content (AvgIpc) is 3.66. The summed E-state index contributed by atoms with van der Waals surface area (Å²) in [5, 5.41) is 5.48. The molecule has 0 saturated heterocycles. The number of carbonyl (C=O) groups is 3. The van der Waals surface area contributed by atoms with Gasteiger partial charge in [-0.05, 0) is 66.3 Å². The van der Waals surface area contributed by atoms with E-state index in [1.54, 1.807) is 6.07 Å². The number of nitrogens with zero attached hydrogens (tertiary/aromatic N) is 1. The van der Waals surface area contributed by atoms with Gasteiger partial charge in [-0.2, -0.15) is 0 Å². The van der Waals surface area contributed by atoms with Gasteiger partial charge in [0.25, 0.3) is 5.91 Å². The Kier molecular flexibility index (Phi) is 8.00. The van der Waals surface area contributed by atoms with E-state index < -0.39 is 35.5 Å². The normalized spacial score (nSPS) is 14.0. The minimum atomic E-state index is -2.74. The van der Waals surface area contributed by atoms with Gasteiger partial charge in [0.1, 0.15) is 23.7 Å². The fraction of sp³-hybridized carbons (Fsp3) is 0.320. The van der Waals surface area contributed by atoms with Crippen LogP contribution < -0.4 is 10.6 Å². The highest BCUT2D eigenvalue weighted by Crippen LogP contribution is 2.45. The molecule has 1 fully saturated rings. The van der Waals surface area contributed by atoms with Crippen LogP contribution in [0, 0.1) is 5.82 Å². The molecule has 3 aromatic rings. The van der Waals surface area contributed by atoms with Gasteiger partial charge in [-0.15, -0.1) is 0 Å². The Morgan fingerprint density at radius 3 is 2.51 bits per heavy atom. The van der Waals surface area contributed by atoms with E-state index in [-0.39, 0.29) is 30.7 Å². The zero-order valence-electron chi connectivity index (χ0n) is 20.2. The smallest absolute Gasteiger partial charge is 0.325 e. The number of fused-ring (bicyclic) bond motifs is 1.